The van der Waals surface area contributed by atoms with Gasteiger partial charge >= 0.3 is 5.97 Å². The summed E-state index contributed by atoms with van der Waals surface area (Å²) >= 11 is 2.63. The monoisotopic (exact) mass is 211 g/mol. The summed E-state index contributed by atoms with van der Waals surface area (Å²) in [6.07, 6.45) is 0. The average Bonchev–Trinajstić information content (AvgIpc) is 1.63. The topological polar surface area (TPSA) is 80.4 Å². The van der Waals surface area contributed by atoms with Crippen LogP contribution < -0.4 is 5.73 Å². The Morgan fingerprint density at radius 2 is 1.70 bits per heavy atom. The number of carboxylic acids is 1. The lowest BCUT2D eigenvalue weighted by molar-refractivity contribution is -0.138. The highest BCUT2D eigenvalue weighted by molar-refractivity contribution is 9.18. The fourth-order valence-corrected chi connectivity index (χ4v) is 0. The third-order valence-electron chi connectivity index (χ3n) is 0.390. The Morgan fingerprint density at radius 3 is 1.70 bits per heavy atom. The maximum atomic E-state index is 9.57. The lowest BCUT2D eigenvalue weighted by Crippen LogP contribution is -2.25. The molecule has 0 amide bonds. The number of carboxylic acid groups (broad SMARTS) is 1. The van der Waals surface area contributed by atoms with Crippen molar-refractivity contribution in [1.29, 1.82) is 0 Å². The molecule has 0 unspecified atom stereocenters. The maximum absolute atomic E-state index is 9.57. The second kappa shape index (κ2) is 6.70. The van der Waals surface area contributed by atoms with Crippen LogP contribution in [0.3, 0.4) is 0 Å². The number of nitrogens with two attached hydrogens (primary N) is 1. The Labute approximate surface area is 67.5 Å². The van der Waals surface area contributed by atoms with Crippen LogP contribution in [-0.2, 0) is 9.59 Å². The minimum absolute atomic E-state index is 0.0208. The summed E-state index contributed by atoms with van der Waals surface area (Å²) in [5, 5.41) is 7.87. The van der Waals surface area contributed by atoms with Crippen LogP contribution in [0.5, 0.6) is 0 Å². The molecule has 0 rings (SSSR count). The van der Waals surface area contributed by atoms with Gasteiger partial charge in [0.1, 0.15) is 6.04 Å². The number of carbonyl (C=O) groups excluding carboxylic acids is 1. The van der Waals surface area contributed by atoms with Crippen LogP contribution in [0.4, 0.5) is 0 Å². The second-order valence-electron chi connectivity index (χ2n) is 1.60. The SMILES string of the molecule is CC(=O)Br.C[C@H](N)C(=O)O. The first-order valence-electron chi connectivity index (χ1n) is 2.52. The van der Waals surface area contributed by atoms with Crippen LogP contribution in [0.25, 0.3) is 0 Å². The summed E-state index contributed by atoms with van der Waals surface area (Å²) in [6.45, 7) is 2.86. The Kier molecular flexibility index (Phi) is 8.22. The van der Waals surface area contributed by atoms with Crippen molar-refractivity contribution in [2.45, 2.75) is 19.9 Å². The number of rotatable bonds is 1. The van der Waals surface area contributed by atoms with E-state index in [0.29, 0.717) is 0 Å². The van der Waals surface area contributed by atoms with Gasteiger partial charge in [0, 0.05) is 6.92 Å². The number of carbonyl (C=O) groups is 2. The van der Waals surface area contributed by atoms with Crippen LogP contribution in [0, 0.1) is 0 Å². The van der Waals surface area contributed by atoms with Gasteiger partial charge in [0.2, 0.25) is 0 Å². The van der Waals surface area contributed by atoms with E-state index in [4.69, 9.17) is 10.8 Å². The van der Waals surface area contributed by atoms with Crippen molar-refractivity contribution in [2.24, 2.45) is 5.73 Å². The quantitative estimate of drug-likeness (QED) is 0.614. The summed E-state index contributed by atoms with van der Waals surface area (Å²) in [4.78, 5) is 18.9. The largest absolute Gasteiger partial charge is 0.480 e. The molecule has 0 aromatic carbocycles. The molecule has 1 atom stereocenters. The van der Waals surface area contributed by atoms with Gasteiger partial charge in [0.15, 0.2) is 4.69 Å². The zero-order valence-electron chi connectivity index (χ0n) is 5.80. The number of halogens is 1. The maximum Gasteiger partial charge on any atom is 0.320 e. The third kappa shape index (κ3) is 25.6. The third-order valence-corrected chi connectivity index (χ3v) is 0.390. The molecule has 0 saturated carbocycles. The zero-order valence-corrected chi connectivity index (χ0v) is 7.38. The van der Waals surface area contributed by atoms with E-state index in [1.807, 2.05) is 0 Å². The van der Waals surface area contributed by atoms with Gasteiger partial charge in [0.25, 0.3) is 0 Å². The van der Waals surface area contributed by atoms with Crippen LogP contribution in [0.2, 0.25) is 0 Å². The van der Waals surface area contributed by atoms with Crippen molar-refractivity contribution in [3.8, 4) is 0 Å². The molecule has 10 heavy (non-hydrogen) atoms. The van der Waals surface area contributed by atoms with Gasteiger partial charge in [0.05, 0.1) is 0 Å². The van der Waals surface area contributed by atoms with Crippen molar-refractivity contribution >= 4 is 26.6 Å². The van der Waals surface area contributed by atoms with Crippen molar-refractivity contribution in [2.75, 3.05) is 0 Å². The molecular weight excluding hydrogens is 202 g/mol. The molecular formula is C5H10BrNO3. The van der Waals surface area contributed by atoms with Crippen LogP contribution in [0.15, 0.2) is 0 Å². The van der Waals surface area contributed by atoms with Crippen LogP contribution in [0.1, 0.15) is 13.8 Å². The highest BCUT2D eigenvalue weighted by atomic mass is 79.9. The van der Waals surface area contributed by atoms with Gasteiger partial charge in [-0.25, -0.2) is 0 Å². The predicted molar refractivity (Wildman–Crippen MR) is 40.9 cm³/mol. The Bertz CT molecular complexity index is 120. The molecule has 4 nitrogen and oxygen atoms in total. The van der Waals surface area contributed by atoms with Gasteiger partial charge in [-0.2, -0.15) is 0 Å². The van der Waals surface area contributed by atoms with E-state index < -0.39 is 12.0 Å². The molecule has 0 spiro atoms. The van der Waals surface area contributed by atoms with Crippen molar-refractivity contribution in [1.82, 2.24) is 0 Å². The highest BCUT2D eigenvalue weighted by Gasteiger charge is 1.99. The molecule has 0 aromatic heterocycles. The first kappa shape index (κ1) is 12.3. The predicted octanol–water partition coefficient (Wildman–Crippen LogP) is 0.346. The fraction of sp³-hybridized carbons (Fsp3) is 0.600. The molecule has 0 heterocycles. The lowest BCUT2D eigenvalue weighted by atomic mass is 10.4. The summed E-state index contributed by atoms with van der Waals surface area (Å²) in [5.41, 5.74) is 4.84. The minimum Gasteiger partial charge on any atom is -0.480 e. The van der Waals surface area contributed by atoms with Crippen LogP contribution in [-0.4, -0.2) is 21.8 Å². The molecule has 0 aliphatic heterocycles. The molecule has 0 aliphatic carbocycles. The zero-order chi connectivity index (χ0) is 8.73. The van der Waals surface area contributed by atoms with E-state index in [1.165, 1.54) is 13.8 Å². The Morgan fingerprint density at radius 1 is 1.60 bits per heavy atom. The normalized spacial score (nSPS) is 10.8. The first-order valence-corrected chi connectivity index (χ1v) is 3.31. The van der Waals surface area contributed by atoms with Gasteiger partial charge in [-0.1, -0.05) is 0 Å². The standard InChI is InChI=1S/C3H7NO2.C2H3BrO/c1-2(4)3(5)6;1-2(3)4/h2H,4H2,1H3,(H,5,6);1H3/t2-;/m0./s1. The molecule has 60 valence electrons. The van der Waals surface area contributed by atoms with Gasteiger partial charge in [-0.15, -0.1) is 0 Å². The van der Waals surface area contributed by atoms with Gasteiger partial charge < -0.3 is 10.8 Å². The van der Waals surface area contributed by atoms with E-state index in [9.17, 15) is 9.59 Å². The average molecular weight is 212 g/mol. The molecule has 0 radical (unpaired) electrons. The van der Waals surface area contributed by atoms with E-state index in [1.54, 1.807) is 0 Å². The minimum atomic E-state index is -0.963. The van der Waals surface area contributed by atoms with Crippen molar-refractivity contribution < 1.29 is 14.7 Å². The van der Waals surface area contributed by atoms with Gasteiger partial charge in [-0.05, 0) is 22.9 Å². The molecule has 5 heteroatoms. The van der Waals surface area contributed by atoms with E-state index >= 15 is 0 Å². The summed E-state index contributed by atoms with van der Waals surface area (Å²) in [6, 6.07) is -0.731. The molecule has 3 N–H and O–H groups in total. The second-order valence-corrected chi connectivity index (χ2v) is 2.71. The number of hydrogen-bond acceptors (Lipinski definition) is 3. The summed E-state index contributed by atoms with van der Waals surface area (Å²) < 4.78 is -0.0208. The summed E-state index contributed by atoms with van der Waals surface area (Å²) in [5.74, 6) is -0.963. The first-order chi connectivity index (χ1) is 4.37. The fourth-order valence-electron chi connectivity index (χ4n) is 0. The van der Waals surface area contributed by atoms with E-state index in [0.717, 1.165) is 0 Å². The van der Waals surface area contributed by atoms with E-state index in [-0.39, 0.29) is 4.69 Å². The molecule has 0 saturated heterocycles. The van der Waals surface area contributed by atoms with E-state index in [2.05, 4.69) is 15.9 Å². The Balaban J connectivity index is 0. The smallest absolute Gasteiger partial charge is 0.320 e. The lowest BCUT2D eigenvalue weighted by Gasteiger charge is -1.90. The molecule has 0 bridgehead atoms. The van der Waals surface area contributed by atoms with Crippen molar-refractivity contribution in [3.05, 3.63) is 0 Å². The van der Waals surface area contributed by atoms with Gasteiger partial charge in [-0.3, -0.25) is 9.59 Å². The number of hydrogen-bond donors (Lipinski definition) is 2. The highest BCUT2D eigenvalue weighted by Crippen LogP contribution is 1.74. The molecule has 0 fully saturated rings. The summed E-state index contributed by atoms with van der Waals surface area (Å²) in [7, 11) is 0. The Hall–Kier alpha value is -0.420. The van der Waals surface area contributed by atoms with Crippen LogP contribution >= 0.6 is 15.9 Å². The molecule has 0 aliphatic rings. The molecule has 0 aromatic rings. The number of aliphatic carboxylic acids is 1. The van der Waals surface area contributed by atoms with Crippen molar-refractivity contribution in [3.63, 3.8) is 0 Å².